The van der Waals surface area contributed by atoms with Crippen molar-refractivity contribution in [3.05, 3.63) is 76.4 Å². The normalized spacial score (nSPS) is 11.2. The van der Waals surface area contributed by atoms with Crippen LogP contribution in [0, 0.1) is 0 Å². The van der Waals surface area contributed by atoms with E-state index in [2.05, 4.69) is 20.9 Å². The molecule has 35 heavy (non-hydrogen) atoms. The lowest BCUT2D eigenvalue weighted by Crippen LogP contribution is -2.11. The Labute approximate surface area is 223 Å². The van der Waals surface area contributed by atoms with Gasteiger partial charge in [0.1, 0.15) is 5.75 Å². The highest BCUT2D eigenvalue weighted by Crippen LogP contribution is 2.40. The molecule has 0 bridgehead atoms. The van der Waals surface area contributed by atoms with Gasteiger partial charge >= 0.3 is 5.97 Å². The summed E-state index contributed by atoms with van der Waals surface area (Å²) in [5.74, 6) is -0.337. The molecule has 2 aromatic carbocycles. The number of imidazole rings is 1. The molecule has 0 fully saturated rings. The third-order valence-electron chi connectivity index (χ3n) is 5.29. The fourth-order valence-corrected chi connectivity index (χ4v) is 5.44. The Balaban J connectivity index is 0.00000204. The molecule has 4 rings (SSSR count). The fourth-order valence-electron chi connectivity index (χ4n) is 3.77. The van der Waals surface area contributed by atoms with Crippen molar-refractivity contribution < 1.29 is 29.8 Å². The van der Waals surface area contributed by atoms with Crippen LogP contribution < -0.4 is 0 Å². The van der Waals surface area contributed by atoms with E-state index < -0.39 is 16.8 Å². The van der Waals surface area contributed by atoms with Crippen LogP contribution in [0.15, 0.2) is 64.5 Å². The summed E-state index contributed by atoms with van der Waals surface area (Å²) in [4.78, 5) is 17.9. The number of phenols is 1. The summed E-state index contributed by atoms with van der Waals surface area (Å²) in [5.41, 5.74) is 2.20. The van der Waals surface area contributed by atoms with E-state index in [0.717, 1.165) is 5.52 Å². The lowest BCUT2D eigenvalue weighted by Gasteiger charge is -2.11. The first-order valence-electron chi connectivity index (χ1n) is 10.00. The van der Waals surface area contributed by atoms with Crippen LogP contribution in [-0.4, -0.2) is 47.0 Å². The van der Waals surface area contributed by atoms with E-state index in [1.807, 2.05) is 34.4 Å². The zero-order chi connectivity index (χ0) is 22.8. The van der Waals surface area contributed by atoms with E-state index in [1.165, 1.54) is 0 Å². The second-order valence-electron chi connectivity index (χ2n) is 7.22. The number of aromatic nitrogens is 3. The maximum absolute atomic E-state index is 13.1. The number of nitrogens with zero attached hydrogens (tertiary/aromatic N) is 3. The Hall–Kier alpha value is -2.51. The number of phenolic OH excluding ortho intramolecular Hbond substituents is 1. The minimum atomic E-state index is -1.37. The number of aryl methyl sites for hydroxylation is 1. The molecule has 0 spiro atoms. The first-order chi connectivity index (χ1) is 15.4. The summed E-state index contributed by atoms with van der Waals surface area (Å²) in [5, 5.41) is 11.5. The van der Waals surface area contributed by atoms with Gasteiger partial charge in [0.2, 0.25) is 0 Å². The molecular formula is C23H27Br2N3O6S. The number of carbonyl (C=O) groups is 1. The van der Waals surface area contributed by atoms with Gasteiger partial charge in [-0.3, -0.25) is 4.21 Å². The minimum Gasteiger partial charge on any atom is -0.506 e. The molecule has 1 atom stereocenters. The molecule has 0 aliphatic heterocycles. The standard InChI is InChI=1S/C23H22BrN3O4S.BrH.2H2O/c1-3-31-23(29)21-19(13-32(30)15-7-5-4-6-8-15)26(2)18-11-17(24)22(28)16(20(18)21)12-27-10-9-25-14-27;;;/h4-11,14,28H,3,12-13H2,1-2H3;1H;2*1H2. The van der Waals surface area contributed by atoms with Crippen LogP contribution in [0.2, 0.25) is 0 Å². The predicted octanol–water partition coefficient (Wildman–Crippen LogP) is 3.30. The number of carbonyl (C=O) groups excluding carboxylic acids is 1. The Morgan fingerprint density at radius 1 is 1.23 bits per heavy atom. The summed E-state index contributed by atoms with van der Waals surface area (Å²) in [6, 6.07) is 10.9. The second kappa shape index (κ2) is 13.0. The van der Waals surface area contributed by atoms with E-state index in [-0.39, 0.29) is 46.0 Å². The van der Waals surface area contributed by atoms with E-state index >= 15 is 0 Å². The number of aromatic hydroxyl groups is 1. The SMILES string of the molecule is Br.CCOC(=O)c1c(CS(=O)c2ccccc2)n(C)c2cc(Br)c(O)c(Cn3ccnc3)c12.O.O. The summed E-state index contributed by atoms with van der Waals surface area (Å²) in [6.45, 7) is 2.25. The number of hydrogen-bond donors (Lipinski definition) is 1. The largest absolute Gasteiger partial charge is 0.506 e. The van der Waals surface area contributed by atoms with Crippen molar-refractivity contribution in [3.8, 4) is 5.75 Å². The number of rotatable bonds is 7. The van der Waals surface area contributed by atoms with Crippen molar-refractivity contribution in [2.45, 2.75) is 24.1 Å². The molecule has 0 saturated heterocycles. The molecule has 0 amide bonds. The molecule has 0 saturated carbocycles. The summed E-state index contributed by atoms with van der Waals surface area (Å²) in [6.07, 6.45) is 5.08. The van der Waals surface area contributed by atoms with E-state index in [4.69, 9.17) is 4.74 Å². The van der Waals surface area contributed by atoms with Gasteiger partial charge in [-0.15, -0.1) is 17.0 Å². The smallest absolute Gasteiger partial charge is 0.340 e. The molecule has 0 aliphatic carbocycles. The average molecular weight is 633 g/mol. The lowest BCUT2D eigenvalue weighted by molar-refractivity contribution is 0.0527. The van der Waals surface area contributed by atoms with Crippen LogP contribution in [-0.2, 0) is 34.9 Å². The van der Waals surface area contributed by atoms with Crippen LogP contribution in [0.1, 0.15) is 28.5 Å². The van der Waals surface area contributed by atoms with Gasteiger partial charge in [-0.2, -0.15) is 0 Å². The minimum absolute atomic E-state index is 0. The third kappa shape index (κ3) is 6.01. The molecule has 2 aromatic heterocycles. The third-order valence-corrected chi connectivity index (χ3v) is 7.23. The number of hydrogen-bond acceptors (Lipinski definition) is 5. The van der Waals surface area contributed by atoms with Gasteiger partial charge in [-0.1, -0.05) is 18.2 Å². The number of fused-ring (bicyclic) bond motifs is 1. The number of halogens is 2. The molecule has 1 unspecified atom stereocenters. The second-order valence-corrected chi connectivity index (χ2v) is 9.52. The molecule has 9 nitrogen and oxygen atoms in total. The predicted molar refractivity (Wildman–Crippen MR) is 144 cm³/mol. The molecule has 12 heteroatoms. The van der Waals surface area contributed by atoms with Crippen LogP contribution in [0.25, 0.3) is 10.9 Å². The highest BCUT2D eigenvalue weighted by Gasteiger charge is 2.28. The zero-order valence-electron chi connectivity index (χ0n) is 19.0. The molecule has 0 aliphatic rings. The van der Waals surface area contributed by atoms with E-state index in [9.17, 15) is 14.1 Å². The van der Waals surface area contributed by atoms with Gasteiger partial charge in [0, 0.05) is 41.0 Å². The average Bonchev–Trinajstić information content (AvgIpc) is 3.39. The highest BCUT2D eigenvalue weighted by molar-refractivity contribution is 9.10. The maximum atomic E-state index is 13.1. The first-order valence-corrected chi connectivity index (χ1v) is 12.1. The molecule has 0 radical (unpaired) electrons. The number of esters is 1. The van der Waals surface area contributed by atoms with Crippen molar-refractivity contribution in [1.82, 2.24) is 14.1 Å². The van der Waals surface area contributed by atoms with Gasteiger partial charge in [0.25, 0.3) is 0 Å². The first kappa shape index (κ1) is 30.5. The summed E-state index contributed by atoms with van der Waals surface area (Å²) in [7, 11) is 0.458. The monoisotopic (exact) mass is 631 g/mol. The van der Waals surface area contributed by atoms with Crippen LogP contribution in [0.5, 0.6) is 5.75 Å². The molecular weight excluding hydrogens is 606 g/mol. The van der Waals surface area contributed by atoms with Crippen molar-refractivity contribution >= 4 is 60.6 Å². The van der Waals surface area contributed by atoms with E-state index in [0.29, 0.717) is 38.1 Å². The molecule has 4 aromatic rings. The summed E-state index contributed by atoms with van der Waals surface area (Å²) >= 11 is 3.43. The number of ether oxygens (including phenoxy) is 1. The Bertz CT molecular complexity index is 1310. The fraction of sp³-hybridized carbons (Fsp3) is 0.217. The van der Waals surface area contributed by atoms with E-state index in [1.54, 1.807) is 43.8 Å². The van der Waals surface area contributed by atoms with Gasteiger partial charge in [-0.05, 0) is 41.1 Å². The van der Waals surface area contributed by atoms with Gasteiger partial charge < -0.3 is 29.9 Å². The van der Waals surface area contributed by atoms with Crippen LogP contribution >= 0.6 is 32.9 Å². The lowest BCUT2D eigenvalue weighted by atomic mass is 10.0. The van der Waals surface area contributed by atoms with Gasteiger partial charge in [-0.25, -0.2) is 9.78 Å². The van der Waals surface area contributed by atoms with Gasteiger partial charge in [0.15, 0.2) is 0 Å². The Morgan fingerprint density at radius 2 is 1.91 bits per heavy atom. The van der Waals surface area contributed by atoms with Crippen molar-refractivity contribution in [2.24, 2.45) is 7.05 Å². The Morgan fingerprint density at radius 3 is 2.51 bits per heavy atom. The van der Waals surface area contributed by atoms with Crippen LogP contribution in [0.4, 0.5) is 0 Å². The molecule has 2 heterocycles. The van der Waals surface area contributed by atoms with Gasteiger partial charge in [0.05, 0.1) is 51.6 Å². The topological polar surface area (TPSA) is 149 Å². The Kier molecular flexibility index (Phi) is 11.3. The summed E-state index contributed by atoms with van der Waals surface area (Å²) < 4.78 is 22.7. The number of benzene rings is 2. The highest BCUT2D eigenvalue weighted by atomic mass is 79.9. The quantitative estimate of drug-likeness (QED) is 0.310. The van der Waals surface area contributed by atoms with Crippen molar-refractivity contribution in [2.75, 3.05) is 6.61 Å². The van der Waals surface area contributed by atoms with Crippen LogP contribution in [0.3, 0.4) is 0 Å². The maximum Gasteiger partial charge on any atom is 0.340 e. The zero-order valence-corrected chi connectivity index (χ0v) is 23.1. The molecule has 190 valence electrons. The van der Waals surface area contributed by atoms with Crippen molar-refractivity contribution in [1.29, 1.82) is 0 Å². The van der Waals surface area contributed by atoms with Crippen molar-refractivity contribution in [3.63, 3.8) is 0 Å². The molecule has 5 N–H and O–H groups in total.